The van der Waals surface area contributed by atoms with Gasteiger partial charge in [0.2, 0.25) is 5.88 Å². The molecule has 1 fully saturated rings. The molecule has 1 aliphatic rings. The highest BCUT2D eigenvalue weighted by Crippen LogP contribution is 2.24. The molecule has 0 saturated carbocycles. The number of Topliss-reactive ketones (excluding diaryl/α,β-unsaturated/α-hetero) is 2. The molecular weight excluding hydrogens is 390 g/mol. The summed E-state index contributed by atoms with van der Waals surface area (Å²) in [6, 6.07) is 17.9. The van der Waals surface area contributed by atoms with E-state index in [0.717, 1.165) is 25.9 Å². The number of hydrogen-bond donors (Lipinski definition) is 0. The van der Waals surface area contributed by atoms with Gasteiger partial charge in [-0.3, -0.25) is 9.59 Å². The van der Waals surface area contributed by atoms with Gasteiger partial charge in [0.1, 0.15) is 11.4 Å². The van der Waals surface area contributed by atoms with E-state index < -0.39 is 0 Å². The Bertz CT molecular complexity index is 1060. The Hall–Kier alpha value is -3.38. The molecule has 0 amide bonds. The lowest BCUT2D eigenvalue weighted by Crippen LogP contribution is -2.33. The summed E-state index contributed by atoms with van der Waals surface area (Å²) < 4.78 is 5.81. The van der Waals surface area contributed by atoms with Gasteiger partial charge in [-0.2, -0.15) is 0 Å². The van der Waals surface area contributed by atoms with E-state index in [0.29, 0.717) is 22.7 Å². The monoisotopic (exact) mass is 415 g/mol. The molecule has 3 heterocycles. The normalized spacial score (nSPS) is 14.9. The van der Waals surface area contributed by atoms with Crippen molar-refractivity contribution in [1.29, 1.82) is 0 Å². The smallest absolute Gasteiger partial charge is 0.230 e. The summed E-state index contributed by atoms with van der Waals surface area (Å²) in [5, 5.41) is 0. The number of likely N-dealkylation sites (tertiary alicyclic amines) is 1. The fourth-order valence-electron chi connectivity index (χ4n) is 3.74. The van der Waals surface area contributed by atoms with E-state index >= 15 is 0 Å². The average Bonchev–Trinajstić information content (AvgIpc) is 2.80. The van der Waals surface area contributed by atoms with E-state index in [9.17, 15) is 9.59 Å². The van der Waals surface area contributed by atoms with Crippen LogP contribution in [0.2, 0.25) is 0 Å². The van der Waals surface area contributed by atoms with Gasteiger partial charge in [-0.15, -0.1) is 0 Å². The maximum absolute atomic E-state index is 13.0. The first kappa shape index (κ1) is 20.9. The summed E-state index contributed by atoms with van der Waals surface area (Å²) in [5.41, 5.74) is 1.39. The summed E-state index contributed by atoms with van der Waals surface area (Å²) in [5.74, 6) is 0.780. The van der Waals surface area contributed by atoms with Gasteiger partial charge < -0.3 is 9.64 Å². The number of aromatic nitrogens is 2. The maximum atomic E-state index is 13.0. The van der Waals surface area contributed by atoms with Gasteiger partial charge in [0, 0.05) is 17.8 Å². The second-order valence-electron chi connectivity index (χ2n) is 7.83. The molecule has 0 atom stereocenters. The third-order valence-corrected chi connectivity index (χ3v) is 5.52. The van der Waals surface area contributed by atoms with Gasteiger partial charge in [0.05, 0.1) is 12.0 Å². The van der Waals surface area contributed by atoms with E-state index in [1.165, 1.54) is 0 Å². The third kappa shape index (κ3) is 5.22. The van der Waals surface area contributed by atoms with Gasteiger partial charge >= 0.3 is 0 Å². The van der Waals surface area contributed by atoms with E-state index in [1.54, 1.807) is 36.5 Å². The number of rotatable bonds is 7. The number of carbonyl (C=O) groups excluding carboxylic acids is 2. The number of hydrogen-bond acceptors (Lipinski definition) is 6. The SMILES string of the molecule is CN1CCC(C(=O)c2cccc(CC(=O)c3cccnc3Oc3ccccc3)n2)CC1. The fourth-order valence-corrected chi connectivity index (χ4v) is 3.74. The third-order valence-electron chi connectivity index (χ3n) is 5.52. The van der Waals surface area contributed by atoms with Crippen molar-refractivity contribution in [3.05, 3.63) is 83.8 Å². The number of benzene rings is 1. The Kier molecular flexibility index (Phi) is 6.48. The number of nitrogens with zero attached hydrogens (tertiary/aromatic N) is 3. The van der Waals surface area contributed by atoms with Crippen LogP contribution in [0.4, 0.5) is 0 Å². The molecule has 0 aliphatic carbocycles. The molecule has 6 nitrogen and oxygen atoms in total. The van der Waals surface area contributed by atoms with Crippen LogP contribution in [0.1, 0.15) is 39.4 Å². The first-order chi connectivity index (χ1) is 15.1. The molecule has 1 aliphatic heterocycles. The summed E-state index contributed by atoms with van der Waals surface area (Å²) in [6.07, 6.45) is 3.35. The molecule has 31 heavy (non-hydrogen) atoms. The van der Waals surface area contributed by atoms with Crippen LogP contribution >= 0.6 is 0 Å². The summed E-state index contributed by atoms with van der Waals surface area (Å²) >= 11 is 0. The summed E-state index contributed by atoms with van der Waals surface area (Å²) in [6.45, 7) is 1.83. The number of para-hydroxylation sites is 1. The minimum atomic E-state index is -0.157. The first-order valence-corrected chi connectivity index (χ1v) is 10.5. The minimum Gasteiger partial charge on any atom is -0.438 e. The van der Waals surface area contributed by atoms with E-state index in [1.807, 2.05) is 30.3 Å². The highest BCUT2D eigenvalue weighted by Gasteiger charge is 2.25. The number of pyridine rings is 2. The van der Waals surface area contributed by atoms with Crippen molar-refractivity contribution >= 4 is 11.6 Å². The van der Waals surface area contributed by atoms with Crippen molar-refractivity contribution in [1.82, 2.24) is 14.9 Å². The Balaban J connectivity index is 1.48. The molecule has 0 N–H and O–H groups in total. The standard InChI is InChI=1S/C25H25N3O3/c1-28-15-12-18(13-16-28)24(30)22-11-5-7-19(27-22)17-23(29)21-10-6-14-26-25(21)31-20-8-3-2-4-9-20/h2-11,14,18H,12-13,15-17H2,1H3. The zero-order valence-electron chi connectivity index (χ0n) is 17.5. The molecule has 158 valence electrons. The fraction of sp³-hybridized carbons (Fsp3) is 0.280. The van der Waals surface area contributed by atoms with Crippen molar-refractivity contribution in [3.8, 4) is 11.6 Å². The topological polar surface area (TPSA) is 72.4 Å². The average molecular weight is 415 g/mol. The maximum Gasteiger partial charge on any atom is 0.230 e. The van der Waals surface area contributed by atoms with Gasteiger partial charge in [-0.25, -0.2) is 9.97 Å². The highest BCUT2D eigenvalue weighted by atomic mass is 16.5. The van der Waals surface area contributed by atoms with Crippen LogP contribution in [0.5, 0.6) is 11.6 Å². The van der Waals surface area contributed by atoms with Crippen molar-refractivity contribution < 1.29 is 14.3 Å². The van der Waals surface area contributed by atoms with Crippen LogP contribution in [0.25, 0.3) is 0 Å². The Morgan fingerprint density at radius 1 is 1.00 bits per heavy atom. The lowest BCUT2D eigenvalue weighted by atomic mass is 9.91. The molecule has 4 rings (SSSR count). The summed E-state index contributed by atoms with van der Waals surface area (Å²) in [4.78, 5) is 36.8. The van der Waals surface area contributed by atoms with Crippen LogP contribution in [0.3, 0.4) is 0 Å². The van der Waals surface area contributed by atoms with Gasteiger partial charge in [0.25, 0.3) is 0 Å². The Morgan fingerprint density at radius 2 is 1.77 bits per heavy atom. The van der Waals surface area contributed by atoms with Gasteiger partial charge in [-0.05, 0) is 69.4 Å². The highest BCUT2D eigenvalue weighted by molar-refractivity contribution is 6.00. The Morgan fingerprint density at radius 3 is 2.55 bits per heavy atom. The zero-order chi connectivity index (χ0) is 21.6. The predicted octanol–water partition coefficient (Wildman–Crippen LogP) is 4.22. The molecule has 0 bridgehead atoms. The molecule has 6 heteroatoms. The second kappa shape index (κ2) is 9.62. The summed E-state index contributed by atoms with van der Waals surface area (Å²) in [7, 11) is 2.07. The minimum absolute atomic E-state index is 0.00106. The van der Waals surface area contributed by atoms with Crippen LogP contribution in [0, 0.1) is 5.92 Å². The van der Waals surface area contributed by atoms with Crippen molar-refractivity contribution in [3.63, 3.8) is 0 Å². The molecule has 2 aromatic heterocycles. The van der Waals surface area contributed by atoms with Crippen molar-refractivity contribution in [2.45, 2.75) is 19.3 Å². The zero-order valence-corrected chi connectivity index (χ0v) is 17.5. The lowest BCUT2D eigenvalue weighted by Gasteiger charge is -2.27. The molecular formula is C25H25N3O3. The molecule has 0 unspecified atom stereocenters. The van der Waals surface area contributed by atoms with Crippen LogP contribution in [0.15, 0.2) is 66.9 Å². The number of ether oxygens (including phenoxy) is 1. The number of piperidine rings is 1. The van der Waals surface area contributed by atoms with Crippen molar-refractivity contribution in [2.24, 2.45) is 5.92 Å². The lowest BCUT2D eigenvalue weighted by molar-refractivity contribution is 0.0850. The molecule has 0 spiro atoms. The van der Waals surface area contributed by atoms with Crippen LogP contribution < -0.4 is 4.74 Å². The predicted molar refractivity (Wildman–Crippen MR) is 118 cm³/mol. The molecule has 3 aromatic rings. The van der Waals surface area contributed by atoms with Crippen LogP contribution in [-0.4, -0.2) is 46.6 Å². The van der Waals surface area contributed by atoms with E-state index in [2.05, 4.69) is 21.9 Å². The molecule has 1 aromatic carbocycles. The molecule has 0 radical (unpaired) electrons. The van der Waals surface area contributed by atoms with E-state index in [4.69, 9.17) is 4.74 Å². The van der Waals surface area contributed by atoms with Crippen LogP contribution in [-0.2, 0) is 6.42 Å². The Labute approximate surface area is 181 Å². The molecule has 1 saturated heterocycles. The quantitative estimate of drug-likeness (QED) is 0.538. The number of ketones is 2. The van der Waals surface area contributed by atoms with Gasteiger partial charge in [-0.1, -0.05) is 24.3 Å². The van der Waals surface area contributed by atoms with Crippen molar-refractivity contribution in [2.75, 3.05) is 20.1 Å². The second-order valence-corrected chi connectivity index (χ2v) is 7.83. The largest absolute Gasteiger partial charge is 0.438 e. The van der Waals surface area contributed by atoms with Gasteiger partial charge in [0.15, 0.2) is 11.6 Å². The number of carbonyl (C=O) groups is 2. The first-order valence-electron chi connectivity index (χ1n) is 10.5. The van der Waals surface area contributed by atoms with E-state index in [-0.39, 0.29) is 29.8 Å².